The number of Topliss-reactive ketones (excluding diaryl/α,β-unsaturated/α-hetero) is 1. The van der Waals surface area contributed by atoms with Crippen molar-refractivity contribution in [2.24, 2.45) is 0 Å². The molecule has 146 valence electrons. The Labute approximate surface area is 185 Å². The van der Waals surface area contributed by atoms with Crippen LogP contribution in [0.3, 0.4) is 0 Å². The average Bonchev–Trinajstić information content (AvgIpc) is 3.31. The number of amides is 1. The lowest BCUT2D eigenvalue weighted by Crippen LogP contribution is -2.29. The highest BCUT2D eigenvalue weighted by Gasteiger charge is 2.47. The number of anilines is 1. The third-order valence-electron chi connectivity index (χ3n) is 4.77. The summed E-state index contributed by atoms with van der Waals surface area (Å²) in [6.07, 6.45) is 0. The smallest absolute Gasteiger partial charge is 0.300 e. The first-order valence-corrected chi connectivity index (χ1v) is 10.8. The van der Waals surface area contributed by atoms with Crippen LogP contribution in [0, 0.1) is 6.92 Å². The summed E-state index contributed by atoms with van der Waals surface area (Å²) in [6, 6.07) is 15.0. The van der Waals surface area contributed by atoms with Gasteiger partial charge in [-0.3, -0.25) is 14.5 Å². The van der Waals surface area contributed by atoms with Crippen molar-refractivity contribution < 1.29 is 14.7 Å². The van der Waals surface area contributed by atoms with Gasteiger partial charge in [-0.25, -0.2) is 0 Å². The second-order valence-corrected chi connectivity index (χ2v) is 8.90. The summed E-state index contributed by atoms with van der Waals surface area (Å²) in [5.41, 5.74) is 1.96. The molecule has 7 heteroatoms. The number of nitrogens with zero attached hydrogens (tertiary/aromatic N) is 1. The van der Waals surface area contributed by atoms with E-state index in [0.717, 1.165) is 14.9 Å². The molecule has 0 aliphatic carbocycles. The predicted octanol–water partition coefficient (Wildman–Crippen LogP) is 6.10. The zero-order chi connectivity index (χ0) is 20.7. The number of hydrogen-bond donors (Lipinski definition) is 1. The molecular weight excluding hydrogens is 474 g/mol. The molecule has 2 aromatic carbocycles. The van der Waals surface area contributed by atoms with E-state index in [9.17, 15) is 14.7 Å². The zero-order valence-electron chi connectivity index (χ0n) is 15.2. The maximum absolute atomic E-state index is 13.0. The first kappa shape index (κ1) is 19.9. The second-order valence-electron chi connectivity index (χ2n) is 6.63. The molecule has 1 aromatic heterocycles. The quantitative estimate of drug-likeness (QED) is 0.275. The lowest BCUT2D eigenvalue weighted by Gasteiger charge is -2.24. The van der Waals surface area contributed by atoms with E-state index in [2.05, 4.69) is 15.9 Å². The van der Waals surface area contributed by atoms with E-state index in [1.165, 1.54) is 16.2 Å². The monoisotopic (exact) mass is 487 g/mol. The molecule has 1 N–H and O–H groups in total. The van der Waals surface area contributed by atoms with E-state index in [1.54, 1.807) is 42.5 Å². The van der Waals surface area contributed by atoms with Crippen LogP contribution in [0.5, 0.6) is 0 Å². The van der Waals surface area contributed by atoms with Crippen molar-refractivity contribution in [3.05, 3.63) is 91.0 Å². The van der Waals surface area contributed by atoms with Gasteiger partial charge in [0.1, 0.15) is 11.8 Å². The van der Waals surface area contributed by atoms with Gasteiger partial charge in [-0.05, 0) is 54.3 Å². The van der Waals surface area contributed by atoms with Gasteiger partial charge in [-0.1, -0.05) is 45.7 Å². The summed E-state index contributed by atoms with van der Waals surface area (Å²) in [7, 11) is 0. The Morgan fingerprint density at radius 1 is 1.14 bits per heavy atom. The SMILES string of the molecule is Cc1cc(/C(O)=C2/C(=O)C(=O)N(c3cccc(Cl)c3)C2c2cccs2)ccc1Br. The molecule has 2 heterocycles. The Hall–Kier alpha value is -2.41. The molecule has 0 bridgehead atoms. The predicted molar refractivity (Wildman–Crippen MR) is 119 cm³/mol. The maximum atomic E-state index is 13.0. The van der Waals surface area contributed by atoms with E-state index >= 15 is 0 Å². The molecule has 3 aromatic rings. The molecule has 0 saturated carbocycles. The van der Waals surface area contributed by atoms with Crippen LogP contribution in [-0.4, -0.2) is 16.8 Å². The van der Waals surface area contributed by atoms with Gasteiger partial charge in [0, 0.05) is 25.6 Å². The molecule has 1 amide bonds. The van der Waals surface area contributed by atoms with Gasteiger partial charge in [0.05, 0.1) is 5.57 Å². The van der Waals surface area contributed by atoms with E-state index < -0.39 is 17.7 Å². The first-order chi connectivity index (χ1) is 13.9. The Balaban J connectivity index is 1.94. The minimum atomic E-state index is -0.725. The van der Waals surface area contributed by atoms with Crippen LogP contribution in [0.15, 0.2) is 70.0 Å². The number of ketones is 1. The number of aliphatic hydroxyl groups excluding tert-OH is 1. The molecule has 0 spiro atoms. The zero-order valence-corrected chi connectivity index (χ0v) is 18.4. The number of aliphatic hydroxyl groups is 1. The van der Waals surface area contributed by atoms with Crippen LogP contribution in [0.4, 0.5) is 5.69 Å². The highest BCUT2D eigenvalue weighted by atomic mass is 79.9. The van der Waals surface area contributed by atoms with E-state index in [1.807, 2.05) is 24.4 Å². The van der Waals surface area contributed by atoms with Gasteiger partial charge in [-0.2, -0.15) is 0 Å². The van der Waals surface area contributed by atoms with Gasteiger partial charge in [0.15, 0.2) is 0 Å². The van der Waals surface area contributed by atoms with Crippen molar-refractivity contribution in [3.8, 4) is 0 Å². The molecular formula is C22H15BrClNO3S. The van der Waals surface area contributed by atoms with E-state index in [-0.39, 0.29) is 11.3 Å². The molecule has 1 saturated heterocycles. The third kappa shape index (κ3) is 3.52. The Kier molecular flexibility index (Phi) is 5.34. The fourth-order valence-electron chi connectivity index (χ4n) is 3.39. The normalized spacial score (nSPS) is 18.4. The largest absolute Gasteiger partial charge is 0.507 e. The second kappa shape index (κ2) is 7.78. The van der Waals surface area contributed by atoms with Crippen molar-refractivity contribution in [1.82, 2.24) is 0 Å². The molecule has 1 atom stereocenters. The Morgan fingerprint density at radius 3 is 2.59 bits per heavy atom. The summed E-state index contributed by atoms with van der Waals surface area (Å²) in [4.78, 5) is 28.2. The average molecular weight is 489 g/mol. The third-order valence-corrected chi connectivity index (χ3v) is 6.82. The maximum Gasteiger partial charge on any atom is 0.300 e. The standard InChI is InChI=1S/C22H15BrClNO3S/c1-12-10-13(7-8-16(12)23)20(26)18-19(17-6-3-9-29-17)25(22(28)21(18)27)15-5-2-4-14(24)11-15/h2-11,19,26H,1H3/b20-18-. The molecule has 29 heavy (non-hydrogen) atoms. The van der Waals surface area contributed by atoms with Gasteiger partial charge in [-0.15, -0.1) is 11.3 Å². The van der Waals surface area contributed by atoms with Crippen molar-refractivity contribution in [2.75, 3.05) is 4.90 Å². The van der Waals surface area contributed by atoms with Crippen molar-refractivity contribution in [1.29, 1.82) is 0 Å². The minimum absolute atomic E-state index is 0.0687. The highest BCUT2D eigenvalue weighted by molar-refractivity contribution is 9.10. The van der Waals surface area contributed by atoms with Crippen molar-refractivity contribution in [2.45, 2.75) is 13.0 Å². The topological polar surface area (TPSA) is 57.6 Å². The lowest BCUT2D eigenvalue weighted by atomic mass is 9.99. The minimum Gasteiger partial charge on any atom is -0.507 e. The first-order valence-electron chi connectivity index (χ1n) is 8.75. The number of benzene rings is 2. The van der Waals surface area contributed by atoms with Gasteiger partial charge in [0.2, 0.25) is 0 Å². The summed E-state index contributed by atoms with van der Waals surface area (Å²) >= 11 is 11.0. The summed E-state index contributed by atoms with van der Waals surface area (Å²) in [5, 5.41) is 13.4. The number of hydrogen-bond acceptors (Lipinski definition) is 4. The highest BCUT2D eigenvalue weighted by Crippen LogP contribution is 2.44. The number of rotatable bonds is 3. The van der Waals surface area contributed by atoms with Gasteiger partial charge >= 0.3 is 0 Å². The van der Waals surface area contributed by atoms with Crippen LogP contribution in [0.1, 0.15) is 22.0 Å². The Morgan fingerprint density at radius 2 is 1.93 bits per heavy atom. The molecule has 1 fully saturated rings. The van der Waals surface area contributed by atoms with Crippen LogP contribution in [-0.2, 0) is 9.59 Å². The fourth-order valence-corrected chi connectivity index (χ4v) is 4.64. The number of aryl methyl sites for hydroxylation is 1. The number of thiophene rings is 1. The van der Waals surface area contributed by atoms with Crippen LogP contribution < -0.4 is 4.90 Å². The fraction of sp³-hybridized carbons (Fsp3) is 0.0909. The van der Waals surface area contributed by atoms with Crippen LogP contribution >= 0.6 is 38.9 Å². The lowest BCUT2D eigenvalue weighted by molar-refractivity contribution is -0.132. The number of carbonyl (C=O) groups excluding carboxylic acids is 2. The molecule has 1 aliphatic rings. The summed E-state index contributed by atoms with van der Waals surface area (Å²) in [6.45, 7) is 1.89. The van der Waals surface area contributed by atoms with E-state index in [0.29, 0.717) is 16.3 Å². The van der Waals surface area contributed by atoms with Gasteiger partial charge < -0.3 is 5.11 Å². The number of halogens is 2. The molecule has 4 rings (SSSR count). The molecule has 4 nitrogen and oxygen atoms in total. The molecule has 0 radical (unpaired) electrons. The van der Waals surface area contributed by atoms with Gasteiger partial charge in [0.25, 0.3) is 11.7 Å². The number of carbonyl (C=O) groups is 2. The molecule has 1 unspecified atom stereocenters. The summed E-state index contributed by atoms with van der Waals surface area (Å²) < 4.78 is 0.892. The van der Waals surface area contributed by atoms with Crippen LogP contribution in [0.2, 0.25) is 5.02 Å². The molecule has 1 aliphatic heterocycles. The van der Waals surface area contributed by atoms with Crippen molar-refractivity contribution in [3.63, 3.8) is 0 Å². The van der Waals surface area contributed by atoms with Crippen molar-refractivity contribution >= 4 is 62.0 Å². The van der Waals surface area contributed by atoms with E-state index in [4.69, 9.17) is 11.6 Å². The Bertz CT molecular complexity index is 1160. The summed E-state index contributed by atoms with van der Waals surface area (Å²) in [5.74, 6) is -1.61. The van der Waals surface area contributed by atoms with Crippen LogP contribution in [0.25, 0.3) is 5.76 Å².